The first kappa shape index (κ1) is 20.3. The first-order chi connectivity index (χ1) is 13.3. The normalized spacial score (nSPS) is 15.4. The molecule has 2 amide bonds. The van der Waals surface area contributed by atoms with Crippen LogP contribution in [0.3, 0.4) is 0 Å². The van der Waals surface area contributed by atoms with Gasteiger partial charge in [0, 0.05) is 10.0 Å². The van der Waals surface area contributed by atoms with Crippen LogP contribution < -0.4 is 0 Å². The highest BCUT2D eigenvalue weighted by Gasteiger charge is 2.35. The Morgan fingerprint density at radius 2 is 1.96 bits per heavy atom. The number of imide groups is 1. The fourth-order valence-corrected chi connectivity index (χ4v) is 3.83. The van der Waals surface area contributed by atoms with E-state index in [1.54, 1.807) is 12.1 Å². The van der Waals surface area contributed by atoms with Gasteiger partial charge in [0.15, 0.2) is 0 Å². The van der Waals surface area contributed by atoms with E-state index in [0.717, 1.165) is 16.7 Å². The van der Waals surface area contributed by atoms with Gasteiger partial charge in [-0.05, 0) is 53.2 Å². The molecule has 1 saturated heterocycles. The molecule has 0 spiro atoms. The molecule has 2 aromatic carbocycles. The zero-order valence-electron chi connectivity index (χ0n) is 14.4. The number of amides is 2. The number of phenols is 1. The number of thioether (sulfide) groups is 1. The summed E-state index contributed by atoms with van der Waals surface area (Å²) in [5, 5.41) is 10.1. The van der Waals surface area contributed by atoms with Crippen molar-refractivity contribution >= 4 is 58.2 Å². The molecule has 0 saturated carbocycles. The zero-order valence-corrected chi connectivity index (χ0v) is 16.8. The lowest BCUT2D eigenvalue weighted by Gasteiger charge is -2.13. The Bertz CT molecular complexity index is 1020. The van der Waals surface area contributed by atoms with Gasteiger partial charge in [0.2, 0.25) is 0 Å². The van der Waals surface area contributed by atoms with E-state index < -0.39 is 17.1 Å². The van der Waals surface area contributed by atoms with Crippen molar-refractivity contribution in [3.8, 4) is 5.75 Å². The van der Waals surface area contributed by atoms with Gasteiger partial charge in [0.25, 0.3) is 11.1 Å². The fraction of sp³-hybridized carbons (Fsp3) is 0.105. The fourth-order valence-electron chi connectivity index (χ4n) is 2.52. The molecule has 0 unspecified atom stereocenters. The number of benzene rings is 2. The summed E-state index contributed by atoms with van der Waals surface area (Å²) in [6, 6.07) is 9.04. The van der Waals surface area contributed by atoms with Gasteiger partial charge in [-0.1, -0.05) is 35.3 Å². The molecule has 0 atom stereocenters. The monoisotopic (exact) mass is 437 g/mol. The SMILES string of the molecule is COC(=O)c1cc(C=C2SC(=O)N(Cc3ccc(Cl)cc3Cl)C2=O)ccc1O. The summed E-state index contributed by atoms with van der Waals surface area (Å²) >= 11 is 12.8. The summed E-state index contributed by atoms with van der Waals surface area (Å²) < 4.78 is 4.61. The molecule has 0 bridgehead atoms. The first-order valence-electron chi connectivity index (χ1n) is 7.90. The number of esters is 1. The van der Waals surface area contributed by atoms with Gasteiger partial charge in [-0.2, -0.15) is 0 Å². The Morgan fingerprint density at radius 1 is 1.21 bits per heavy atom. The third-order valence-corrected chi connectivity index (χ3v) is 5.44. The van der Waals surface area contributed by atoms with Gasteiger partial charge in [-0.25, -0.2) is 4.79 Å². The first-order valence-corrected chi connectivity index (χ1v) is 9.48. The highest BCUT2D eigenvalue weighted by Crippen LogP contribution is 2.35. The van der Waals surface area contributed by atoms with Crippen molar-refractivity contribution in [3.05, 3.63) is 68.0 Å². The zero-order chi connectivity index (χ0) is 20.4. The molecular weight excluding hydrogens is 425 g/mol. The van der Waals surface area contributed by atoms with Gasteiger partial charge in [-0.3, -0.25) is 14.5 Å². The van der Waals surface area contributed by atoms with E-state index in [1.165, 1.54) is 37.5 Å². The van der Waals surface area contributed by atoms with Crippen LogP contribution in [0.2, 0.25) is 10.0 Å². The van der Waals surface area contributed by atoms with Crippen LogP contribution in [0.4, 0.5) is 4.79 Å². The second-order valence-corrected chi connectivity index (χ2v) is 7.61. The lowest BCUT2D eigenvalue weighted by atomic mass is 10.1. The molecule has 28 heavy (non-hydrogen) atoms. The second-order valence-electron chi connectivity index (χ2n) is 5.77. The maximum Gasteiger partial charge on any atom is 0.341 e. The minimum Gasteiger partial charge on any atom is -0.507 e. The summed E-state index contributed by atoms with van der Waals surface area (Å²) in [5.74, 6) is -1.43. The number of hydrogen-bond donors (Lipinski definition) is 1. The number of rotatable bonds is 4. The number of halogens is 2. The molecule has 0 aromatic heterocycles. The molecule has 0 aliphatic carbocycles. The molecule has 1 N–H and O–H groups in total. The van der Waals surface area contributed by atoms with Crippen LogP contribution in [0.5, 0.6) is 5.75 Å². The summed E-state index contributed by atoms with van der Waals surface area (Å²) in [6.07, 6.45) is 1.47. The number of carbonyl (C=O) groups is 3. The summed E-state index contributed by atoms with van der Waals surface area (Å²) in [5.41, 5.74) is 1.02. The molecular formula is C19H13Cl2NO5S. The third-order valence-electron chi connectivity index (χ3n) is 3.94. The maximum atomic E-state index is 12.7. The number of carbonyl (C=O) groups excluding carboxylic acids is 3. The van der Waals surface area contributed by atoms with Gasteiger partial charge < -0.3 is 9.84 Å². The van der Waals surface area contributed by atoms with E-state index in [2.05, 4.69) is 4.74 Å². The van der Waals surface area contributed by atoms with E-state index in [-0.39, 0.29) is 22.8 Å². The maximum absolute atomic E-state index is 12.7. The van der Waals surface area contributed by atoms with Crippen LogP contribution in [0.15, 0.2) is 41.3 Å². The molecule has 9 heteroatoms. The van der Waals surface area contributed by atoms with Crippen molar-refractivity contribution in [2.24, 2.45) is 0 Å². The van der Waals surface area contributed by atoms with E-state index in [0.29, 0.717) is 21.2 Å². The largest absolute Gasteiger partial charge is 0.507 e. The summed E-state index contributed by atoms with van der Waals surface area (Å²) in [6.45, 7) is 0.0149. The number of aromatic hydroxyl groups is 1. The molecule has 1 aliphatic rings. The number of hydrogen-bond acceptors (Lipinski definition) is 6. The van der Waals surface area contributed by atoms with Gasteiger partial charge in [-0.15, -0.1) is 0 Å². The Labute approximate surface area is 174 Å². The molecule has 2 aromatic rings. The average molecular weight is 438 g/mol. The van der Waals surface area contributed by atoms with Crippen molar-refractivity contribution in [1.82, 2.24) is 4.90 Å². The Balaban J connectivity index is 1.86. The van der Waals surface area contributed by atoms with E-state index in [1.807, 2.05) is 0 Å². The third kappa shape index (κ3) is 4.16. The summed E-state index contributed by atoms with van der Waals surface area (Å²) in [4.78, 5) is 37.9. The van der Waals surface area contributed by atoms with Crippen molar-refractivity contribution in [1.29, 1.82) is 0 Å². The molecule has 144 valence electrons. The summed E-state index contributed by atoms with van der Waals surface area (Å²) in [7, 11) is 1.20. The predicted molar refractivity (Wildman–Crippen MR) is 107 cm³/mol. The number of ether oxygens (including phenoxy) is 1. The molecule has 1 aliphatic heterocycles. The average Bonchev–Trinajstić information content (AvgIpc) is 2.92. The van der Waals surface area contributed by atoms with Crippen molar-refractivity contribution in [2.45, 2.75) is 6.54 Å². The molecule has 3 rings (SSSR count). The highest BCUT2D eigenvalue weighted by molar-refractivity contribution is 8.18. The molecule has 0 radical (unpaired) electrons. The Hall–Kier alpha value is -2.48. The van der Waals surface area contributed by atoms with E-state index >= 15 is 0 Å². The van der Waals surface area contributed by atoms with Crippen molar-refractivity contribution < 1.29 is 24.2 Å². The molecule has 1 fully saturated rings. The lowest BCUT2D eigenvalue weighted by molar-refractivity contribution is -0.123. The Morgan fingerprint density at radius 3 is 2.64 bits per heavy atom. The molecule has 1 heterocycles. The Kier molecular flexibility index (Phi) is 5.98. The van der Waals surface area contributed by atoms with Crippen LogP contribution in [0.25, 0.3) is 6.08 Å². The number of phenolic OH excluding ortho intramolecular Hbond substituents is 1. The van der Waals surface area contributed by atoms with Gasteiger partial charge in [0.05, 0.1) is 18.6 Å². The minimum atomic E-state index is -0.710. The second kappa shape index (κ2) is 8.26. The van der Waals surface area contributed by atoms with Gasteiger partial charge >= 0.3 is 5.97 Å². The van der Waals surface area contributed by atoms with Crippen LogP contribution in [-0.2, 0) is 16.1 Å². The van der Waals surface area contributed by atoms with Crippen LogP contribution in [-0.4, -0.2) is 34.2 Å². The molecule has 6 nitrogen and oxygen atoms in total. The van der Waals surface area contributed by atoms with Crippen LogP contribution >= 0.6 is 35.0 Å². The lowest BCUT2D eigenvalue weighted by Crippen LogP contribution is -2.27. The smallest absolute Gasteiger partial charge is 0.341 e. The minimum absolute atomic E-state index is 0.0149. The number of nitrogens with zero attached hydrogens (tertiary/aromatic N) is 1. The van der Waals surface area contributed by atoms with E-state index in [4.69, 9.17) is 23.2 Å². The van der Waals surface area contributed by atoms with Crippen LogP contribution in [0.1, 0.15) is 21.5 Å². The number of methoxy groups -OCH3 is 1. The quantitative estimate of drug-likeness (QED) is 0.549. The standard InChI is InChI=1S/C19H13Cl2NO5S/c1-27-18(25)13-6-10(2-5-15(13)23)7-16-17(24)22(19(26)28-16)9-11-3-4-12(20)8-14(11)21/h2-8,23H,9H2,1H3. The van der Waals surface area contributed by atoms with Gasteiger partial charge in [0.1, 0.15) is 11.3 Å². The van der Waals surface area contributed by atoms with Crippen LogP contribution in [0, 0.1) is 0 Å². The highest BCUT2D eigenvalue weighted by atomic mass is 35.5. The van der Waals surface area contributed by atoms with Crippen molar-refractivity contribution in [3.63, 3.8) is 0 Å². The van der Waals surface area contributed by atoms with Crippen molar-refractivity contribution in [2.75, 3.05) is 7.11 Å². The predicted octanol–water partition coefficient (Wildman–Crippen LogP) is 4.72. The van der Waals surface area contributed by atoms with E-state index in [9.17, 15) is 19.5 Å². The topological polar surface area (TPSA) is 83.9 Å².